The van der Waals surface area contributed by atoms with Crippen LogP contribution in [0.1, 0.15) is 29.5 Å². The monoisotopic (exact) mass is 341 g/mol. The zero-order chi connectivity index (χ0) is 17.8. The summed E-state index contributed by atoms with van der Waals surface area (Å²) in [6.07, 6.45) is 0.944. The summed E-state index contributed by atoms with van der Waals surface area (Å²) in [6.45, 7) is 6.26. The van der Waals surface area contributed by atoms with Gasteiger partial charge >= 0.3 is 0 Å². The molecule has 132 valence electrons. The van der Waals surface area contributed by atoms with Crippen LogP contribution in [0.2, 0.25) is 0 Å². The molecule has 1 amide bonds. The van der Waals surface area contributed by atoms with Gasteiger partial charge in [-0.15, -0.1) is 0 Å². The van der Waals surface area contributed by atoms with Crippen LogP contribution in [0.4, 0.5) is 0 Å². The lowest BCUT2D eigenvalue weighted by Crippen LogP contribution is -2.39. The molecule has 6 heteroatoms. The Balaban J connectivity index is 1.92. The zero-order valence-corrected chi connectivity index (χ0v) is 14.6. The largest absolute Gasteiger partial charge is 0.381 e. The Kier molecular flexibility index (Phi) is 5.28. The molecule has 1 atom stereocenters. The number of carbonyl (C=O) groups excluding carboxylic acids is 1. The normalized spacial score (nSPS) is 16.8. The SMILES string of the molecule is CCN(CC1CCOC1)C(=O)c1nn(-c2ccccc2)c(C)cc1=O. The van der Waals surface area contributed by atoms with Crippen molar-refractivity contribution >= 4 is 5.91 Å². The number of benzene rings is 1. The van der Waals surface area contributed by atoms with Gasteiger partial charge in [-0.3, -0.25) is 9.59 Å². The third-order valence-electron chi connectivity index (χ3n) is 4.48. The zero-order valence-electron chi connectivity index (χ0n) is 14.6. The molecule has 2 aromatic rings. The number of aryl methyl sites for hydroxylation is 1. The van der Waals surface area contributed by atoms with Crippen LogP contribution in [-0.2, 0) is 4.74 Å². The van der Waals surface area contributed by atoms with Gasteiger partial charge in [0.05, 0.1) is 12.3 Å². The van der Waals surface area contributed by atoms with Crippen LogP contribution in [0, 0.1) is 12.8 Å². The third-order valence-corrected chi connectivity index (χ3v) is 4.48. The van der Waals surface area contributed by atoms with E-state index in [0.717, 1.165) is 18.7 Å². The first-order valence-corrected chi connectivity index (χ1v) is 8.63. The van der Waals surface area contributed by atoms with Crippen molar-refractivity contribution < 1.29 is 9.53 Å². The molecule has 1 aromatic carbocycles. The van der Waals surface area contributed by atoms with Gasteiger partial charge in [0.2, 0.25) is 5.43 Å². The molecule has 0 saturated carbocycles. The average molecular weight is 341 g/mol. The van der Waals surface area contributed by atoms with Gasteiger partial charge in [-0.1, -0.05) is 18.2 Å². The predicted octanol–water partition coefficient (Wildman–Crippen LogP) is 2.04. The van der Waals surface area contributed by atoms with Crippen LogP contribution in [-0.4, -0.2) is 46.9 Å². The van der Waals surface area contributed by atoms with Gasteiger partial charge in [0.25, 0.3) is 5.91 Å². The van der Waals surface area contributed by atoms with Gasteiger partial charge in [-0.2, -0.15) is 5.10 Å². The Morgan fingerprint density at radius 2 is 2.12 bits per heavy atom. The molecule has 0 radical (unpaired) electrons. The van der Waals surface area contributed by atoms with E-state index in [2.05, 4.69) is 5.10 Å². The lowest BCUT2D eigenvalue weighted by molar-refractivity contribution is 0.0721. The molecule has 1 fully saturated rings. The smallest absolute Gasteiger partial charge is 0.278 e. The molecule has 0 N–H and O–H groups in total. The molecule has 1 saturated heterocycles. The molecular weight excluding hydrogens is 318 g/mol. The van der Waals surface area contributed by atoms with E-state index in [-0.39, 0.29) is 17.0 Å². The molecule has 0 aliphatic carbocycles. The van der Waals surface area contributed by atoms with E-state index in [4.69, 9.17) is 4.74 Å². The number of ether oxygens (including phenoxy) is 1. The summed E-state index contributed by atoms with van der Waals surface area (Å²) >= 11 is 0. The summed E-state index contributed by atoms with van der Waals surface area (Å²) in [6, 6.07) is 11.0. The summed E-state index contributed by atoms with van der Waals surface area (Å²) in [4.78, 5) is 27.0. The van der Waals surface area contributed by atoms with Crippen molar-refractivity contribution in [3.63, 3.8) is 0 Å². The minimum absolute atomic E-state index is 0.0322. The predicted molar refractivity (Wildman–Crippen MR) is 95.1 cm³/mol. The maximum absolute atomic E-state index is 12.9. The van der Waals surface area contributed by atoms with E-state index in [1.807, 2.05) is 44.2 Å². The van der Waals surface area contributed by atoms with Gasteiger partial charge < -0.3 is 9.64 Å². The maximum atomic E-state index is 12.9. The molecule has 1 unspecified atom stereocenters. The van der Waals surface area contributed by atoms with Crippen LogP contribution in [0.5, 0.6) is 0 Å². The highest BCUT2D eigenvalue weighted by molar-refractivity contribution is 5.92. The molecular formula is C19H23N3O3. The van der Waals surface area contributed by atoms with E-state index in [0.29, 0.717) is 31.3 Å². The van der Waals surface area contributed by atoms with Gasteiger partial charge in [0, 0.05) is 37.4 Å². The van der Waals surface area contributed by atoms with Crippen molar-refractivity contribution in [2.24, 2.45) is 5.92 Å². The number of rotatable bonds is 5. The van der Waals surface area contributed by atoms with Crippen LogP contribution in [0.3, 0.4) is 0 Å². The van der Waals surface area contributed by atoms with E-state index >= 15 is 0 Å². The van der Waals surface area contributed by atoms with Crippen LogP contribution in [0.25, 0.3) is 5.69 Å². The summed E-state index contributed by atoms with van der Waals surface area (Å²) < 4.78 is 7.02. The van der Waals surface area contributed by atoms with Crippen LogP contribution in [0.15, 0.2) is 41.2 Å². The van der Waals surface area contributed by atoms with Crippen molar-refractivity contribution in [1.82, 2.24) is 14.7 Å². The number of amides is 1. The quantitative estimate of drug-likeness (QED) is 0.835. The maximum Gasteiger partial charge on any atom is 0.278 e. The number of aromatic nitrogens is 2. The van der Waals surface area contributed by atoms with Crippen LogP contribution >= 0.6 is 0 Å². The minimum atomic E-state index is -0.337. The highest BCUT2D eigenvalue weighted by atomic mass is 16.5. The molecule has 6 nitrogen and oxygen atoms in total. The molecule has 0 bridgehead atoms. The van der Waals surface area contributed by atoms with E-state index in [1.54, 1.807) is 9.58 Å². The van der Waals surface area contributed by atoms with Gasteiger partial charge in [-0.05, 0) is 32.4 Å². The fourth-order valence-electron chi connectivity index (χ4n) is 3.07. The Labute approximate surface area is 147 Å². The number of nitrogens with zero attached hydrogens (tertiary/aromatic N) is 3. The van der Waals surface area contributed by atoms with Crippen molar-refractivity contribution in [3.05, 3.63) is 58.0 Å². The molecule has 1 aliphatic rings. The number of carbonyl (C=O) groups is 1. The number of para-hydroxylation sites is 1. The average Bonchev–Trinajstić information content (AvgIpc) is 3.13. The van der Waals surface area contributed by atoms with Crippen molar-refractivity contribution in [3.8, 4) is 5.69 Å². The fraction of sp³-hybridized carbons (Fsp3) is 0.421. The first-order valence-electron chi connectivity index (χ1n) is 8.63. The molecule has 25 heavy (non-hydrogen) atoms. The first-order chi connectivity index (χ1) is 12.1. The lowest BCUT2D eigenvalue weighted by Gasteiger charge is -2.23. The standard InChI is InChI=1S/C19H23N3O3/c1-3-21(12-15-9-10-25-13-15)19(24)18-17(23)11-14(2)22(20-18)16-7-5-4-6-8-16/h4-8,11,15H,3,9-10,12-13H2,1-2H3. The Morgan fingerprint density at radius 3 is 2.76 bits per heavy atom. The lowest BCUT2D eigenvalue weighted by atomic mass is 10.1. The highest BCUT2D eigenvalue weighted by Gasteiger charge is 2.25. The molecule has 2 heterocycles. The molecule has 1 aliphatic heterocycles. The second kappa shape index (κ2) is 7.61. The summed E-state index contributed by atoms with van der Waals surface area (Å²) in [7, 11) is 0. The minimum Gasteiger partial charge on any atom is -0.381 e. The number of hydrogen-bond donors (Lipinski definition) is 0. The van der Waals surface area contributed by atoms with Crippen molar-refractivity contribution in [2.45, 2.75) is 20.3 Å². The van der Waals surface area contributed by atoms with E-state index < -0.39 is 0 Å². The Morgan fingerprint density at radius 1 is 1.36 bits per heavy atom. The van der Waals surface area contributed by atoms with Crippen molar-refractivity contribution in [1.29, 1.82) is 0 Å². The second-order valence-electron chi connectivity index (χ2n) is 6.32. The summed E-state index contributed by atoms with van der Waals surface area (Å²) in [5.74, 6) is 0.00905. The molecule has 3 rings (SSSR count). The van der Waals surface area contributed by atoms with Gasteiger partial charge in [0.15, 0.2) is 5.69 Å². The summed E-state index contributed by atoms with van der Waals surface area (Å²) in [5.41, 5.74) is 1.15. The van der Waals surface area contributed by atoms with Gasteiger partial charge in [-0.25, -0.2) is 4.68 Å². The molecule has 0 spiro atoms. The number of hydrogen-bond acceptors (Lipinski definition) is 4. The fourth-order valence-corrected chi connectivity index (χ4v) is 3.07. The topological polar surface area (TPSA) is 64.4 Å². The van der Waals surface area contributed by atoms with Gasteiger partial charge in [0.1, 0.15) is 0 Å². The first kappa shape index (κ1) is 17.4. The Bertz CT molecular complexity index is 795. The summed E-state index contributed by atoms with van der Waals surface area (Å²) in [5, 5.41) is 4.37. The van der Waals surface area contributed by atoms with E-state index in [9.17, 15) is 9.59 Å². The third kappa shape index (κ3) is 3.79. The second-order valence-corrected chi connectivity index (χ2v) is 6.32. The Hall–Kier alpha value is -2.47. The van der Waals surface area contributed by atoms with E-state index in [1.165, 1.54) is 6.07 Å². The van der Waals surface area contributed by atoms with Crippen molar-refractivity contribution in [2.75, 3.05) is 26.3 Å². The van der Waals surface area contributed by atoms with Crippen LogP contribution < -0.4 is 5.43 Å². The molecule has 1 aromatic heterocycles. The highest BCUT2D eigenvalue weighted by Crippen LogP contribution is 2.15.